The van der Waals surface area contributed by atoms with Crippen LogP contribution >= 0.6 is 0 Å². The first-order valence-electron chi connectivity index (χ1n) is 15.4. The molecule has 0 radical (unpaired) electrons. The number of benzene rings is 2. The average molecular weight is 582 g/mol. The van der Waals surface area contributed by atoms with E-state index in [-0.39, 0.29) is 35.7 Å². The Bertz CT molecular complexity index is 1440. The number of nitrogens with zero attached hydrogens (tertiary/aromatic N) is 4. The third kappa shape index (κ3) is 6.06. The zero-order valence-electron chi connectivity index (χ0n) is 25.2. The van der Waals surface area contributed by atoms with E-state index in [0.29, 0.717) is 31.1 Å². The molecule has 7 rings (SSSR count). The molecule has 224 valence electrons. The molecule has 4 aliphatic rings. The first-order chi connectivity index (χ1) is 20.8. The minimum Gasteiger partial charge on any atom is -0.449 e. The van der Waals surface area contributed by atoms with E-state index in [0.717, 1.165) is 29.5 Å². The number of hydrogen-bond acceptors (Lipinski definition) is 7. The Morgan fingerprint density at radius 1 is 1.14 bits per heavy atom. The number of nitriles is 1. The van der Waals surface area contributed by atoms with Crippen molar-refractivity contribution >= 4 is 13.2 Å². The Morgan fingerprint density at radius 3 is 2.63 bits per heavy atom. The Kier molecular flexibility index (Phi) is 8.30. The molecular formula is C33H40BN5O4. The molecule has 1 N–H and O–H groups in total. The first-order valence-corrected chi connectivity index (χ1v) is 15.4. The van der Waals surface area contributed by atoms with Gasteiger partial charge < -0.3 is 19.4 Å². The Hall–Kier alpha value is -3.68. The van der Waals surface area contributed by atoms with E-state index in [2.05, 4.69) is 60.4 Å². The Labute approximate surface area is 254 Å². The van der Waals surface area contributed by atoms with Gasteiger partial charge in [0.25, 0.3) is 0 Å². The van der Waals surface area contributed by atoms with Gasteiger partial charge >= 0.3 is 13.2 Å². The van der Waals surface area contributed by atoms with Gasteiger partial charge in [-0.15, -0.1) is 0 Å². The van der Waals surface area contributed by atoms with Crippen molar-refractivity contribution in [3.8, 4) is 6.07 Å². The van der Waals surface area contributed by atoms with Gasteiger partial charge in [0, 0.05) is 6.42 Å². The van der Waals surface area contributed by atoms with Gasteiger partial charge in [-0.05, 0) is 73.0 Å². The largest absolute Gasteiger partial charge is 0.482 e. The van der Waals surface area contributed by atoms with Gasteiger partial charge in [-0.2, -0.15) is 10.4 Å². The summed E-state index contributed by atoms with van der Waals surface area (Å²) in [4.78, 5) is 17.0. The second-order valence-electron chi connectivity index (χ2n) is 13.0. The second-order valence-corrected chi connectivity index (χ2v) is 13.0. The molecule has 3 aromatic rings. The van der Waals surface area contributed by atoms with E-state index in [9.17, 15) is 10.1 Å². The monoisotopic (exact) mass is 581 g/mol. The van der Waals surface area contributed by atoms with Crippen molar-refractivity contribution in [2.24, 2.45) is 17.3 Å². The number of aryl methyl sites for hydroxylation is 1. The lowest BCUT2D eigenvalue weighted by Gasteiger charge is -2.64. The lowest BCUT2D eigenvalue weighted by atomic mass is 9.43. The second kappa shape index (κ2) is 12.1. The topological polar surface area (TPSA) is 111 Å². The summed E-state index contributed by atoms with van der Waals surface area (Å²) in [6.45, 7) is 7.13. The van der Waals surface area contributed by atoms with E-state index >= 15 is 0 Å². The Balaban J connectivity index is 1.04. The lowest BCUT2D eigenvalue weighted by molar-refractivity contribution is -0.199. The van der Waals surface area contributed by atoms with Gasteiger partial charge in [-0.3, -0.25) is 0 Å². The highest BCUT2D eigenvalue weighted by atomic mass is 16.7. The van der Waals surface area contributed by atoms with Crippen molar-refractivity contribution in [1.82, 2.24) is 20.1 Å². The smallest absolute Gasteiger partial charge is 0.449 e. The predicted octanol–water partition coefficient (Wildman–Crippen LogP) is 5.12. The molecule has 1 aromatic heterocycles. The number of aromatic nitrogens is 3. The van der Waals surface area contributed by atoms with E-state index in [4.69, 9.17) is 14.0 Å². The summed E-state index contributed by atoms with van der Waals surface area (Å²) < 4.78 is 20.5. The molecule has 1 unspecified atom stereocenters. The molecule has 3 saturated carbocycles. The van der Waals surface area contributed by atoms with Crippen LogP contribution in [0.15, 0.2) is 67.3 Å². The van der Waals surface area contributed by atoms with Crippen LogP contribution < -0.4 is 5.32 Å². The maximum absolute atomic E-state index is 13.1. The first kappa shape index (κ1) is 29.4. The fourth-order valence-corrected chi connectivity index (χ4v) is 7.49. The minimum absolute atomic E-state index is 0.0392. The van der Waals surface area contributed by atoms with Crippen LogP contribution in [0.25, 0.3) is 0 Å². The van der Waals surface area contributed by atoms with Crippen LogP contribution in [0.5, 0.6) is 0 Å². The van der Waals surface area contributed by atoms with Crippen LogP contribution in [0.3, 0.4) is 0 Å². The number of carbonyl (C=O) groups is 1. The standard InChI is InChI=1S/C33H40BN5O4/c1-32(2)26-18-28(32)33(3)29(19-26)42-34(43-33)30(17-23-8-5-4-6-9-23)38-31(40)41-15-14-25-11-7-10-24(16-25)12-13-27(20-35)39-22-36-21-37-39/h4-11,16,21-22,26-30H,12-15,17-19H2,1-3H3,(H,38,40)/t26-,27?,28-,29+,30-,33-/m0/s1. The molecule has 9 nitrogen and oxygen atoms in total. The number of rotatable bonds is 11. The van der Waals surface area contributed by atoms with Crippen molar-refractivity contribution < 1.29 is 18.8 Å². The highest BCUT2D eigenvalue weighted by Gasteiger charge is 2.68. The molecule has 43 heavy (non-hydrogen) atoms. The van der Waals surface area contributed by atoms with Crippen molar-refractivity contribution in [2.75, 3.05) is 6.61 Å². The third-order valence-corrected chi connectivity index (χ3v) is 10.1. The van der Waals surface area contributed by atoms with Gasteiger partial charge in [0.2, 0.25) is 0 Å². The molecule has 10 heteroatoms. The number of hydrogen-bond donors (Lipinski definition) is 1. The maximum Gasteiger partial charge on any atom is 0.482 e. The number of alkyl carbamates (subject to hydrolysis) is 1. The summed E-state index contributed by atoms with van der Waals surface area (Å²) in [6.07, 6.45) is 7.28. The lowest BCUT2D eigenvalue weighted by Crippen LogP contribution is -2.65. The number of carbonyl (C=O) groups excluding carboxylic acids is 1. The molecular weight excluding hydrogens is 541 g/mol. The summed E-state index contributed by atoms with van der Waals surface area (Å²) in [5.74, 6) is 0.726. The summed E-state index contributed by atoms with van der Waals surface area (Å²) >= 11 is 0. The fourth-order valence-electron chi connectivity index (χ4n) is 7.49. The highest BCUT2D eigenvalue weighted by Crippen LogP contribution is 2.65. The Morgan fingerprint density at radius 2 is 1.91 bits per heavy atom. The van der Waals surface area contributed by atoms with Crippen LogP contribution in [0.2, 0.25) is 0 Å². The fraction of sp³-hybridized carbons (Fsp3) is 0.515. The van der Waals surface area contributed by atoms with Gasteiger partial charge in [-0.25, -0.2) is 14.5 Å². The summed E-state index contributed by atoms with van der Waals surface area (Å²) in [6, 6.07) is 20.2. The van der Waals surface area contributed by atoms with E-state index < -0.39 is 13.2 Å². The van der Waals surface area contributed by atoms with E-state index in [1.807, 2.05) is 36.4 Å². The molecule has 4 fully saturated rings. The average Bonchev–Trinajstić information content (AvgIpc) is 3.66. The van der Waals surface area contributed by atoms with Crippen LogP contribution in [0.1, 0.15) is 62.8 Å². The van der Waals surface area contributed by atoms with Crippen LogP contribution in [0, 0.1) is 28.6 Å². The van der Waals surface area contributed by atoms with Crippen LogP contribution in [-0.2, 0) is 33.3 Å². The van der Waals surface area contributed by atoms with Crippen molar-refractivity contribution in [3.05, 3.63) is 83.9 Å². The van der Waals surface area contributed by atoms with Crippen molar-refractivity contribution in [1.29, 1.82) is 5.26 Å². The number of ether oxygens (including phenoxy) is 1. The summed E-state index contributed by atoms with van der Waals surface area (Å²) in [7, 11) is -0.538. The van der Waals surface area contributed by atoms with E-state index in [1.54, 1.807) is 11.0 Å². The predicted molar refractivity (Wildman–Crippen MR) is 162 cm³/mol. The zero-order chi connectivity index (χ0) is 30.0. The molecule has 1 amide bonds. The molecule has 0 spiro atoms. The zero-order valence-corrected chi connectivity index (χ0v) is 25.2. The molecule has 2 heterocycles. The highest BCUT2D eigenvalue weighted by molar-refractivity contribution is 6.47. The minimum atomic E-state index is -0.538. The number of amides is 1. The quantitative estimate of drug-likeness (QED) is 0.313. The van der Waals surface area contributed by atoms with Crippen molar-refractivity contribution in [2.45, 2.75) is 83.0 Å². The van der Waals surface area contributed by atoms with Gasteiger partial charge in [0.1, 0.15) is 18.7 Å². The normalized spacial score (nSPS) is 26.5. The van der Waals surface area contributed by atoms with E-state index in [1.165, 1.54) is 12.7 Å². The van der Waals surface area contributed by atoms with Crippen molar-refractivity contribution in [3.63, 3.8) is 0 Å². The van der Waals surface area contributed by atoms with Crippen LogP contribution in [-0.4, -0.2) is 52.2 Å². The van der Waals surface area contributed by atoms with Gasteiger partial charge in [-0.1, -0.05) is 68.4 Å². The van der Waals surface area contributed by atoms with Crippen LogP contribution in [0.4, 0.5) is 4.79 Å². The molecule has 3 aliphatic carbocycles. The molecule has 2 aromatic carbocycles. The number of nitrogens with one attached hydrogen (secondary N) is 1. The molecule has 6 atom stereocenters. The summed E-state index contributed by atoms with van der Waals surface area (Å²) in [5.41, 5.74) is 3.19. The van der Waals surface area contributed by atoms with Gasteiger partial charge in [0.05, 0.1) is 30.3 Å². The summed E-state index contributed by atoms with van der Waals surface area (Å²) in [5, 5.41) is 16.7. The molecule has 2 bridgehead atoms. The molecule has 1 aliphatic heterocycles. The SMILES string of the molecule is CC1(C)[C@@H]2C[C@H]3OB([C@H](Cc4ccccc4)NC(=O)OCCc4cccc(CCC(C#N)n5cncn5)c4)O[C@@]3(C)[C@H]1C2. The maximum atomic E-state index is 13.1. The molecule has 1 saturated heterocycles. The van der Waals surface area contributed by atoms with Gasteiger partial charge in [0.15, 0.2) is 0 Å². The third-order valence-electron chi connectivity index (χ3n) is 10.1.